The van der Waals surface area contributed by atoms with Crippen LogP contribution in [-0.2, 0) is 4.74 Å². The second kappa shape index (κ2) is 15.7. The fourth-order valence-electron chi connectivity index (χ4n) is 3.75. The predicted molar refractivity (Wildman–Crippen MR) is 147 cm³/mol. The van der Waals surface area contributed by atoms with Crippen molar-refractivity contribution in [3.05, 3.63) is 60.2 Å². The molecule has 33 heavy (non-hydrogen) atoms. The van der Waals surface area contributed by atoms with Gasteiger partial charge in [-0.05, 0) is 43.2 Å². The van der Waals surface area contributed by atoms with Crippen LogP contribution in [0.1, 0.15) is 24.9 Å². The molecular formula is C25H38IN5O2. The van der Waals surface area contributed by atoms with Gasteiger partial charge in [0.1, 0.15) is 5.75 Å². The van der Waals surface area contributed by atoms with E-state index in [2.05, 4.69) is 52.0 Å². The average Bonchev–Trinajstić information content (AvgIpc) is 2.85. The standard InChI is InChI=1S/C25H37N5O2.HI/c1-3-26-25(28-15-7-14-27-22-8-5-4-6-9-22)29-20-24(30-16-18-32-19-17-30)21-10-12-23(31-2)13-11-21;/h4-6,8-13,24,27H,3,7,14-20H2,1-2H3,(H2,26,28,29);1H. The Labute approximate surface area is 215 Å². The molecule has 0 aliphatic carbocycles. The van der Waals surface area contributed by atoms with Gasteiger partial charge in [0.15, 0.2) is 5.96 Å². The molecule has 0 saturated carbocycles. The lowest BCUT2D eigenvalue weighted by Crippen LogP contribution is -2.42. The number of benzene rings is 2. The highest BCUT2D eigenvalue weighted by Crippen LogP contribution is 2.24. The van der Waals surface area contributed by atoms with Crippen molar-refractivity contribution in [2.75, 3.05) is 64.9 Å². The number of ether oxygens (including phenoxy) is 2. The van der Waals surface area contributed by atoms with E-state index in [4.69, 9.17) is 14.5 Å². The highest BCUT2D eigenvalue weighted by Gasteiger charge is 2.22. The lowest BCUT2D eigenvalue weighted by Gasteiger charge is -2.34. The second-order valence-electron chi connectivity index (χ2n) is 7.73. The number of nitrogens with one attached hydrogen (secondary N) is 3. The van der Waals surface area contributed by atoms with Gasteiger partial charge < -0.3 is 25.4 Å². The van der Waals surface area contributed by atoms with E-state index in [-0.39, 0.29) is 30.0 Å². The van der Waals surface area contributed by atoms with Gasteiger partial charge in [0.25, 0.3) is 0 Å². The van der Waals surface area contributed by atoms with Crippen LogP contribution in [0.3, 0.4) is 0 Å². The number of methoxy groups -OCH3 is 1. The Morgan fingerprint density at radius 3 is 2.42 bits per heavy atom. The number of hydrogen-bond donors (Lipinski definition) is 3. The zero-order valence-corrected chi connectivity index (χ0v) is 22.1. The molecule has 1 fully saturated rings. The zero-order chi connectivity index (χ0) is 22.4. The van der Waals surface area contributed by atoms with Crippen LogP contribution in [0, 0.1) is 0 Å². The summed E-state index contributed by atoms with van der Waals surface area (Å²) in [5, 5.41) is 10.3. The van der Waals surface area contributed by atoms with Gasteiger partial charge in [0.05, 0.1) is 32.9 Å². The SMILES string of the molecule is CCNC(=NCC(c1ccc(OC)cc1)N1CCOCC1)NCCCNc1ccccc1.I. The summed E-state index contributed by atoms with van der Waals surface area (Å²) >= 11 is 0. The smallest absolute Gasteiger partial charge is 0.191 e. The summed E-state index contributed by atoms with van der Waals surface area (Å²) in [6, 6.07) is 18.8. The van der Waals surface area contributed by atoms with E-state index < -0.39 is 0 Å². The van der Waals surface area contributed by atoms with E-state index in [0.29, 0.717) is 6.54 Å². The first-order chi connectivity index (χ1) is 15.8. The topological polar surface area (TPSA) is 70.2 Å². The number of rotatable bonds is 11. The van der Waals surface area contributed by atoms with Crippen LogP contribution in [0.25, 0.3) is 0 Å². The van der Waals surface area contributed by atoms with Crippen LogP contribution in [0.5, 0.6) is 5.75 Å². The minimum atomic E-state index is 0. The molecule has 2 aromatic rings. The van der Waals surface area contributed by atoms with Gasteiger partial charge in [-0.25, -0.2) is 0 Å². The molecule has 1 saturated heterocycles. The second-order valence-corrected chi connectivity index (χ2v) is 7.73. The summed E-state index contributed by atoms with van der Waals surface area (Å²) in [6.45, 7) is 8.75. The number of guanidine groups is 1. The molecular weight excluding hydrogens is 529 g/mol. The van der Waals surface area contributed by atoms with E-state index >= 15 is 0 Å². The summed E-state index contributed by atoms with van der Waals surface area (Å²) in [4.78, 5) is 7.38. The molecule has 2 aromatic carbocycles. The first kappa shape index (κ1) is 27.2. The third-order valence-corrected chi connectivity index (χ3v) is 5.50. The predicted octanol–water partition coefficient (Wildman–Crippen LogP) is 3.74. The van der Waals surface area contributed by atoms with Crippen LogP contribution >= 0.6 is 24.0 Å². The molecule has 182 valence electrons. The van der Waals surface area contributed by atoms with Gasteiger partial charge in [-0.1, -0.05) is 30.3 Å². The maximum absolute atomic E-state index is 5.57. The Balaban J connectivity index is 0.00000385. The van der Waals surface area contributed by atoms with Crippen molar-refractivity contribution in [2.45, 2.75) is 19.4 Å². The van der Waals surface area contributed by atoms with E-state index in [1.165, 1.54) is 5.56 Å². The summed E-state index contributed by atoms with van der Waals surface area (Å²) in [6.07, 6.45) is 1.00. The lowest BCUT2D eigenvalue weighted by atomic mass is 10.0. The lowest BCUT2D eigenvalue weighted by molar-refractivity contribution is 0.0179. The quantitative estimate of drug-likeness (QED) is 0.166. The molecule has 3 N–H and O–H groups in total. The van der Waals surface area contributed by atoms with Gasteiger partial charge in [0.2, 0.25) is 0 Å². The molecule has 0 aromatic heterocycles. The van der Waals surface area contributed by atoms with E-state index in [0.717, 1.165) is 69.8 Å². The number of anilines is 1. The number of halogens is 1. The number of morpholine rings is 1. The van der Waals surface area contributed by atoms with Crippen LogP contribution < -0.4 is 20.7 Å². The largest absolute Gasteiger partial charge is 0.497 e. The minimum absolute atomic E-state index is 0. The number of aliphatic imine (C=N–C) groups is 1. The number of nitrogens with zero attached hydrogens (tertiary/aromatic N) is 2. The third kappa shape index (κ3) is 9.38. The summed E-state index contributed by atoms with van der Waals surface area (Å²) in [5.74, 6) is 1.73. The Hall–Kier alpha value is -2.04. The Morgan fingerprint density at radius 2 is 1.76 bits per heavy atom. The Bertz CT molecular complexity index is 798. The first-order valence-electron chi connectivity index (χ1n) is 11.6. The van der Waals surface area contributed by atoms with Gasteiger partial charge in [0, 0.05) is 38.4 Å². The molecule has 0 amide bonds. The van der Waals surface area contributed by atoms with Crippen molar-refractivity contribution in [3.8, 4) is 5.75 Å². The summed E-state index contributed by atoms with van der Waals surface area (Å²) in [7, 11) is 1.70. The monoisotopic (exact) mass is 567 g/mol. The van der Waals surface area contributed by atoms with Crippen molar-refractivity contribution in [3.63, 3.8) is 0 Å². The van der Waals surface area contributed by atoms with E-state index in [1.54, 1.807) is 7.11 Å². The molecule has 0 bridgehead atoms. The molecule has 1 heterocycles. The maximum Gasteiger partial charge on any atom is 0.191 e. The molecule has 1 atom stereocenters. The van der Waals surface area contributed by atoms with Crippen molar-refractivity contribution in [1.29, 1.82) is 0 Å². The summed E-state index contributed by atoms with van der Waals surface area (Å²) < 4.78 is 10.9. The molecule has 1 aliphatic heterocycles. The van der Waals surface area contributed by atoms with Gasteiger partial charge >= 0.3 is 0 Å². The zero-order valence-electron chi connectivity index (χ0n) is 19.8. The van der Waals surface area contributed by atoms with Gasteiger partial charge in [-0.15, -0.1) is 24.0 Å². The molecule has 3 rings (SSSR count). The van der Waals surface area contributed by atoms with Crippen molar-refractivity contribution >= 4 is 35.6 Å². The third-order valence-electron chi connectivity index (χ3n) is 5.50. The van der Waals surface area contributed by atoms with Gasteiger partial charge in [-0.2, -0.15) is 0 Å². The Morgan fingerprint density at radius 1 is 1.03 bits per heavy atom. The van der Waals surface area contributed by atoms with E-state index in [9.17, 15) is 0 Å². The molecule has 1 aliphatic rings. The fourth-order valence-corrected chi connectivity index (χ4v) is 3.75. The van der Waals surface area contributed by atoms with Crippen molar-refractivity contribution < 1.29 is 9.47 Å². The highest BCUT2D eigenvalue weighted by molar-refractivity contribution is 14.0. The minimum Gasteiger partial charge on any atom is -0.497 e. The Kier molecular flexibility index (Phi) is 13.0. The number of hydrogen-bond acceptors (Lipinski definition) is 5. The first-order valence-corrected chi connectivity index (χ1v) is 11.6. The van der Waals surface area contributed by atoms with Crippen molar-refractivity contribution in [2.24, 2.45) is 4.99 Å². The maximum atomic E-state index is 5.57. The molecule has 7 nitrogen and oxygen atoms in total. The molecule has 1 unspecified atom stereocenters. The van der Waals surface area contributed by atoms with Crippen LogP contribution in [0.2, 0.25) is 0 Å². The summed E-state index contributed by atoms with van der Waals surface area (Å²) in [5.41, 5.74) is 2.40. The van der Waals surface area contributed by atoms with E-state index in [1.807, 2.05) is 30.3 Å². The average molecular weight is 568 g/mol. The normalized spacial score (nSPS) is 15.3. The highest BCUT2D eigenvalue weighted by atomic mass is 127. The molecule has 8 heteroatoms. The number of para-hydroxylation sites is 1. The molecule has 0 radical (unpaired) electrons. The van der Waals surface area contributed by atoms with Crippen LogP contribution in [-0.4, -0.2) is 70.5 Å². The fraction of sp³-hybridized carbons (Fsp3) is 0.480. The van der Waals surface area contributed by atoms with Crippen molar-refractivity contribution in [1.82, 2.24) is 15.5 Å². The van der Waals surface area contributed by atoms with Gasteiger partial charge in [-0.3, -0.25) is 9.89 Å². The van der Waals surface area contributed by atoms with Crippen LogP contribution in [0.15, 0.2) is 59.6 Å². The van der Waals surface area contributed by atoms with Crippen LogP contribution in [0.4, 0.5) is 5.69 Å². The molecule has 0 spiro atoms.